The molecule has 1 radical (unpaired) electrons. The van der Waals surface area contributed by atoms with E-state index >= 15 is 0 Å². The van der Waals surface area contributed by atoms with Gasteiger partial charge in [0.15, 0.2) is 5.69 Å². The molecular formula is C14H18N5O. The largest absolute Gasteiger partial charge is 0.328 e. The highest BCUT2D eigenvalue weighted by Crippen LogP contribution is 2.40. The first-order chi connectivity index (χ1) is 9.60. The molecule has 4 rings (SSSR count). The summed E-state index contributed by atoms with van der Waals surface area (Å²) in [6.07, 6.45) is 6.77. The van der Waals surface area contributed by atoms with Gasteiger partial charge in [-0.1, -0.05) is 12.8 Å². The quantitative estimate of drug-likeness (QED) is 0.778. The first-order valence-corrected chi connectivity index (χ1v) is 7.13. The van der Waals surface area contributed by atoms with Crippen LogP contribution in [0.3, 0.4) is 0 Å². The topological polar surface area (TPSA) is 64.6 Å². The summed E-state index contributed by atoms with van der Waals surface area (Å²) in [5.74, 6) is 2.28. The fourth-order valence-corrected chi connectivity index (χ4v) is 3.47. The van der Waals surface area contributed by atoms with Crippen LogP contribution in [0.25, 0.3) is 0 Å². The smallest absolute Gasteiger partial charge is 0.282 e. The van der Waals surface area contributed by atoms with E-state index in [1.165, 1.54) is 12.8 Å². The Labute approximate surface area is 117 Å². The maximum atomic E-state index is 12.4. The normalized spacial score (nSPS) is 23.9. The van der Waals surface area contributed by atoms with Crippen molar-refractivity contribution in [3.63, 3.8) is 0 Å². The van der Waals surface area contributed by atoms with Crippen LogP contribution in [0.2, 0.25) is 0 Å². The number of anilines is 1. The highest BCUT2D eigenvalue weighted by molar-refractivity contribution is 6.17. The number of hydrogen-bond donors (Lipinski definition) is 1. The van der Waals surface area contributed by atoms with Crippen molar-refractivity contribution in [3.05, 3.63) is 17.9 Å². The molecule has 6 nitrogen and oxygen atoms in total. The van der Waals surface area contributed by atoms with Gasteiger partial charge in [-0.25, -0.2) is 9.98 Å². The van der Waals surface area contributed by atoms with Crippen molar-refractivity contribution in [3.8, 4) is 0 Å². The molecule has 0 aromatic carbocycles. The third-order valence-electron chi connectivity index (χ3n) is 4.49. The van der Waals surface area contributed by atoms with Crippen LogP contribution in [0, 0.1) is 13.3 Å². The average molecular weight is 272 g/mol. The zero-order chi connectivity index (χ0) is 13.9. The van der Waals surface area contributed by atoms with E-state index in [-0.39, 0.29) is 11.4 Å². The van der Waals surface area contributed by atoms with E-state index in [0.717, 1.165) is 37.0 Å². The van der Waals surface area contributed by atoms with E-state index in [1.807, 2.05) is 6.92 Å². The summed E-state index contributed by atoms with van der Waals surface area (Å²) < 4.78 is 0. The lowest BCUT2D eigenvalue weighted by Crippen LogP contribution is -2.49. The van der Waals surface area contributed by atoms with E-state index in [1.54, 1.807) is 11.9 Å². The van der Waals surface area contributed by atoms with Gasteiger partial charge in [0.2, 0.25) is 5.96 Å². The number of H-pyrrole nitrogens is 1. The minimum Gasteiger partial charge on any atom is -0.328 e. The SMILES string of the molecule is Cc1nc2c([nH]1)N1CC3(C[CH]CCC3)N=C1N(C)C2=O. The van der Waals surface area contributed by atoms with Crippen molar-refractivity contribution in [2.75, 3.05) is 18.5 Å². The number of fused-ring (bicyclic) bond motifs is 3. The second-order valence-corrected chi connectivity index (χ2v) is 5.99. The molecule has 1 atom stereocenters. The standard InChI is InChI=1S/C14H18N5O/c1-9-15-10-11(16-9)19-8-14(6-4-3-5-7-14)17-13(19)18(2)12(10)20/h4H,3,5-8H2,1-2H3,(H,15,16). The highest BCUT2D eigenvalue weighted by Gasteiger charge is 2.47. The van der Waals surface area contributed by atoms with Crippen molar-refractivity contribution in [2.24, 2.45) is 4.99 Å². The van der Waals surface area contributed by atoms with Crippen LogP contribution in [0.4, 0.5) is 5.82 Å². The van der Waals surface area contributed by atoms with Crippen molar-refractivity contribution in [1.29, 1.82) is 0 Å². The molecule has 1 saturated carbocycles. The summed E-state index contributed by atoms with van der Waals surface area (Å²) >= 11 is 0. The van der Waals surface area contributed by atoms with Gasteiger partial charge in [0.25, 0.3) is 5.91 Å². The fourth-order valence-electron chi connectivity index (χ4n) is 3.47. The monoisotopic (exact) mass is 272 g/mol. The number of carbonyl (C=O) groups excluding carboxylic acids is 1. The van der Waals surface area contributed by atoms with Crippen LogP contribution in [0.5, 0.6) is 0 Å². The molecule has 0 saturated heterocycles. The first-order valence-electron chi connectivity index (χ1n) is 7.13. The van der Waals surface area contributed by atoms with Gasteiger partial charge in [0.1, 0.15) is 11.6 Å². The summed E-state index contributed by atoms with van der Waals surface area (Å²) in [4.78, 5) is 28.6. The Balaban J connectivity index is 1.80. The Bertz CT molecular complexity index is 611. The first kappa shape index (κ1) is 11.9. The second kappa shape index (κ2) is 3.84. The van der Waals surface area contributed by atoms with E-state index in [2.05, 4.69) is 21.3 Å². The Morgan fingerprint density at radius 3 is 3.05 bits per heavy atom. The van der Waals surface area contributed by atoms with Crippen LogP contribution < -0.4 is 4.90 Å². The fraction of sp³-hybridized carbons (Fsp3) is 0.571. The van der Waals surface area contributed by atoms with Gasteiger partial charge in [-0.2, -0.15) is 0 Å². The van der Waals surface area contributed by atoms with Gasteiger partial charge >= 0.3 is 0 Å². The number of nitrogens with one attached hydrogen (secondary N) is 1. The molecule has 3 heterocycles. The molecule has 1 N–H and O–H groups in total. The zero-order valence-electron chi connectivity index (χ0n) is 11.8. The molecule has 2 aliphatic heterocycles. The molecule has 1 unspecified atom stereocenters. The third kappa shape index (κ3) is 1.47. The van der Waals surface area contributed by atoms with Crippen molar-refractivity contribution < 1.29 is 4.79 Å². The van der Waals surface area contributed by atoms with E-state index in [9.17, 15) is 4.79 Å². The zero-order valence-corrected chi connectivity index (χ0v) is 11.8. The van der Waals surface area contributed by atoms with Gasteiger partial charge in [-0.3, -0.25) is 14.6 Å². The molecule has 1 fully saturated rings. The molecule has 1 aliphatic carbocycles. The van der Waals surface area contributed by atoms with Gasteiger partial charge < -0.3 is 4.98 Å². The molecule has 6 heteroatoms. The summed E-state index contributed by atoms with van der Waals surface area (Å²) in [5, 5.41) is 0. The maximum absolute atomic E-state index is 12.4. The van der Waals surface area contributed by atoms with Gasteiger partial charge in [0.05, 0.1) is 12.1 Å². The maximum Gasteiger partial charge on any atom is 0.282 e. The lowest BCUT2D eigenvalue weighted by atomic mass is 9.82. The average Bonchev–Trinajstić information content (AvgIpc) is 2.99. The Morgan fingerprint density at radius 2 is 2.30 bits per heavy atom. The Hall–Kier alpha value is -1.85. The number of hydrogen-bond acceptors (Lipinski definition) is 4. The number of aryl methyl sites for hydroxylation is 1. The molecule has 1 aromatic rings. The van der Waals surface area contributed by atoms with Crippen LogP contribution in [-0.4, -0.2) is 45.9 Å². The molecule has 3 aliphatic rings. The number of nitrogens with zero attached hydrogens (tertiary/aromatic N) is 4. The van der Waals surface area contributed by atoms with E-state index in [4.69, 9.17) is 4.99 Å². The molecule has 1 amide bonds. The second-order valence-electron chi connectivity index (χ2n) is 5.99. The number of carbonyl (C=O) groups is 1. The number of aromatic nitrogens is 2. The molecule has 0 bridgehead atoms. The number of imidazole rings is 1. The van der Waals surface area contributed by atoms with Crippen LogP contribution >= 0.6 is 0 Å². The highest BCUT2D eigenvalue weighted by atomic mass is 16.2. The summed E-state index contributed by atoms with van der Waals surface area (Å²) in [6, 6.07) is 0. The number of guanidine groups is 1. The number of aromatic amines is 1. The predicted octanol–water partition coefficient (Wildman–Crippen LogP) is 1.50. The van der Waals surface area contributed by atoms with Crippen molar-refractivity contribution in [2.45, 2.75) is 38.1 Å². The summed E-state index contributed by atoms with van der Waals surface area (Å²) in [5.41, 5.74) is 0.462. The van der Waals surface area contributed by atoms with Gasteiger partial charge in [0, 0.05) is 7.05 Å². The number of aliphatic imine (C=N–C) groups is 1. The number of amides is 1. The lowest BCUT2D eigenvalue weighted by Gasteiger charge is -2.32. The lowest BCUT2D eigenvalue weighted by molar-refractivity contribution is 0.0860. The molecule has 1 aromatic heterocycles. The molecule has 20 heavy (non-hydrogen) atoms. The Kier molecular flexibility index (Phi) is 2.29. The van der Waals surface area contributed by atoms with Crippen LogP contribution in [0.1, 0.15) is 42.0 Å². The van der Waals surface area contributed by atoms with Crippen LogP contribution in [0.15, 0.2) is 4.99 Å². The van der Waals surface area contributed by atoms with E-state index < -0.39 is 0 Å². The van der Waals surface area contributed by atoms with Crippen LogP contribution in [-0.2, 0) is 0 Å². The molecule has 105 valence electrons. The predicted molar refractivity (Wildman–Crippen MR) is 75.7 cm³/mol. The van der Waals surface area contributed by atoms with E-state index in [0.29, 0.717) is 5.69 Å². The third-order valence-corrected chi connectivity index (χ3v) is 4.49. The minimum absolute atomic E-state index is 0.0528. The Morgan fingerprint density at radius 1 is 1.45 bits per heavy atom. The molecule has 1 spiro atoms. The van der Waals surface area contributed by atoms with Crippen molar-refractivity contribution in [1.82, 2.24) is 14.9 Å². The van der Waals surface area contributed by atoms with Gasteiger partial charge in [-0.15, -0.1) is 0 Å². The van der Waals surface area contributed by atoms with Crippen molar-refractivity contribution >= 4 is 17.7 Å². The minimum atomic E-state index is -0.0730. The molecular weight excluding hydrogens is 254 g/mol. The number of rotatable bonds is 0. The summed E-state index contributed by atoms with van der Waals surface area (Å²) in [6.45, 7) is 2.72. The summed E-state index contributed by atoms with van der Waals surface area (Å²) in [7, 11) is 1.78. The van der Waals surface area contributed by atoms with Gasteiger partial charge in [-0.05, 0) is 26.2 Å².